The molecule has 4 nitrogen and oxygen atoms in total. The third-order valence-electron chi connectivity index (χ3n) is 3.87. The maximum Gasteiger partial charge on any atom is 0.0877 e. The Balaban J connectivity index is 2.26. The van der Waals surface area contributed by atoms with Gasteiger partial charge in [0.25, 0.3) is 0 Å². The first kappa shape index (κ1) is 13.6. The van der Waals surface area contributed by atoms with E-state index in [2.05, 4.69) is 30.5 Å². The van der Waals surface area contributed by atoms with Crippen molar-refractivity contribution in [3.8, 4) is 0 Å². The van der Waals surface area contributed by atoms with E-state index in [1.54, 1.807) is 0 Å². The number of ether oxygens (including phenoxy) is 1. The van der Waals surface area contributed by atoms with E-state index in [9.17, 15) is 0 Å². The lowest BCUT2D eigenvalue weighted by Crippen LogP contribution is -2.44. The van der Waals surface area contributed by atoms with Gasteiger partial charge in [-0.1, -0.05) is 19.8 Å². The van der Waals surface area contributed by atoms with Crippen LogP contribution in [0.25, 0.3) is 0 Å². The number of hydrogen-bond donors (Lipinski definition) is 1. The van der Waals surface area contributed by atoms with Crippen molar-refractivity contribution >= 4 is 0 Å². The Morgan fingerprint density at radius 1 is 1.44 bits per heavy atom. The molecule has 0 aliphatic heterocycles. The largest absolute Gasteiger partial charge is 0.373 e. The van der Waals surface area contributed by atoms with Crippen LogP contribution in [0.1, 0.15) is 51.1 Å². The average molecular weight is 251 g/mol. The van der Waals surface area contributed by atoms with E-state index in [-0.39, 0.29) is 11.6 Å². The highest BCUT2D eigenvalue weighted by molar-refractivity contribution is 5.17. The van der Waals surface area contributed by atoms with Gasteiger partial charge in [0, 0.05) is 25.4 Å². The molecule has 0 spiro atoms. The average Bonchev–Trinajstić information content (AvgIpc) is 2.97. The number of aromatic nitrogens is 2. The second-order valence-corrected chi connectivity index (χ2v) is 5.14. The lowest BCUT2D eigenvalue weighted by molar-refractivity contribution is -0.0623. The molecule has 1 aliphatic carbocycles. The molecular formula is C14H25N3O. The first-order valence-corrected chi connectivity index (χ1v) is 7.07. The predicted octanol–water partition coefficient (Wildman–Crippen LogP) is 2.42. The Labute approximate surface area is 110 Å². The van der Waals surface area contributed by atoms with Crippen molar-refractivity contribution in [3.05, 3.63) is 18.0 Å². The zero-order chi connectivity index (χ0) is 13.0. The third-order valence-corrected chi connectivity index (χ3v) is 3.87. The van der Waals surface area contributed by atoms with Gasteiger partial charge in [-0.25, -0.2) is 0 Å². The van der Waals surface area contributed by atoms with Crippen molar-refractivity contribution in [1.82, 2.24) is 15.1 Å². The van der Waals surface area contributed by atoms with Gasteiger partial charge in [0.15, 0.2) is 0 Å². The van der Waals surface area contributed by atoms with E-state index in [0.29, 0.717) is 0 Å². The summed E-state index contributed by atoms with van der Waals surface area (Å²) in [6.07, 6.45) is 8.89. The Morgan fingerprint density at radius 3 is 2.67 bits per heavy atom. The molecule has 4 heteroatoms. The number of hydrogen-bond acceptors (Lipinski definition) is 3. The fourth-order valence-corrected chi connectivity index (χ4v) is 3.18. The van der Waals surface area contributed by atoms with Gasteiger partial charge in [-0.15, -0.1) is 0 Å². The molecule has 1 aromatic rings. The molecule has 18 heavy (non-hydrogen) atoms. The molecule has 1 fully saturated rings. The van der Waals surface area contributed by atoms with Gasteiger partial charge in [-0.3, -0.25) is 4.68 Å². The van der Waals surface area contributed by atoms with Gasteiger partial charge >= 0.3 is 0 Å². The van der Waals surface area contributed by atoms with Gasteiger partial charge in [0.2, 0.25) is 0 Å². The topological polar surface area (TPSA) is 39.1 Å². The predicted molar refractivity (Wildman–Crippen MR) is 72.5 cm³/mol. The van der Waals surface area contributed by atoms with Crippen molar-refractivity contribution in [2.75, 3.05) is 13.2 Å². The molecule has 102 valence electrons. The fraction of sp³-hybridized carbons (Fsp3) is 0.786. The number of likely N-dealkylation sites (N-methyl/N-ethyl adjacent to an activating group) is 1. The van der Waals surface area contributed by atoms with Crippen LogP contribution in [0.3, 0.4) is 0 Å². The van der Waals surface area contributed by atoms with E-state index in [1.807, 2.05) is 17.9 Å². The van der Waals surface area contributed by atoms with Crippen LogP contribution < -0.4 is 5.32 Å². The molecule has 1 atom stereocenters. The first-order valence-electron chi connectivity index (χ1n) is 7.07. The van der Waals surface area contributed by atoms with Crippen LogP contribution in [0.15, 0.2) is 12.4 Å². The Hall–Kier alpha value is -0.870. The molecule has 1 saturated carbocycles. The van der Waals surface area contributed by atoms with Crippen molar-refractivity contribution in [1.29, 1.82) is 0 Å². The first-order chi connectivity index (χ1) is 8.72. The molecule has 1 N–H and O–H groups in total. The molecule has 0 amide bonds. The lowest BCUT2D eigenvalue weighted by atomic mass is 9.88. The molecule has 1 aliphatic rings. The molecule has 1 unspecified atom stereocenters. The Morgan fingerprint density at radius 2 is 2.17 bits per heavy atom. The maximum atomic E-state index is 6.17. The quantitative estimate of drug-likeness (QED) is 0.844. The van der Waals surface area contributed by atoms with Gasteiger partial charge in [-0.2, -0.15) is 5.10 Å². The summed E-state index contributed by atoms with van der Waals surface area (Å²) >= 11 is 0. The monoisotopic (exact) mass is 251 g/mol. The molecule has 1 aromatic heterocycles. The zero-order valence-electron chi connectivity index (χ0n) is 11.8. The van der Waals surface area contributed by atoms with Crippen LogP contribution in [-0.4, -0.2) is 28.5 Å². The van der Waals surface area contributed by atoms with E-state index in [4.69, 9.17) is 4.74 Å². The number of nitrogens with zero attached hydrogens (tertiary/aromatic N) is 2. The molecule has 0 radical (unpaired) electrons. The molecule has 0 saturated heterocycles. The van der Waals surface area contributed by atoms with Crippen molar-refractivity contribution in [3.63, 3.8) is 0 Å². The second-order valence-electron chi connectivity index (χ2n) is 5.14. The molecule has 0 bridgehead atoms. The van der Waals surface area contributed by atoms with E-state index in [0.717, 1.165) is 26.0 Å². The van der Waals surface area contributed by atoms with Crippen LogP contribution in [0.4, 0.5) is 0 Å². The smallest absolute Gasteiger partial charge is 0.0877 e. The zero-order valence-corrected chi connectivity index (χ0v) is 11.8. The van der Waals surface area contributed by atoms with E-state index in [1.165, 1.54) is 18.4 Å². The van der Waals surface area contributed by atoms with Crippen LogP contribution in [0.2, 0.25) is 0 Å². The highest BCUT2D eigenvalue weighted by Gasteiger charge is 2.43. The van der Waals surface area contributed by atoms with E-state index >= 15 is 0 Å². The second kappa shape index (κ2) is 5.85. The summed E-state index contributed by atoms with van der Waals surface area (Å²) in [6, 6.07) is 0.263. The van der Waals surface area contributed by atoms with Crippen LogP contribution in [0.5, 0.6) is 0 Å². The van der Waals surface area contributed by atoms with Gasteiger partial charge in [-0.05, 0) is 26.3 Å². The normalized spacial score (nSPS) is 20.2. The minimum Gasteiger partial charge on any atom is -0.373 e. The standard InChI is InChI=1S/C14H25N3O/c1-4-15-13(12-10-16-17(3)11-12)14(18-5-2)8-6-7-9-14/h10-11,13,15H,4-9H2,1-3H3. The molecule has 0 aromatic carbocycles. The number of aryl methyl sites for hydroxylation is 1. The summed E-state index contributed by atoms with van der Waals surface area (Å²) in [5.41, 5.74) is 1.21. The summed E-state index contributed by atoms with van der Waals surface area (Å²) < 4.78 is 8.04. The van der Waals surface area contributed by atoms with Crippen LogP contribution >= 0.6 is 0 Å². The lowest BCUT2D eigenvalue weighted by Gasteiger charge is -2.37. The Kier molecular flexibility index (Phi) is 4.40. The van der Waals surface area contributed by atoms with Crippen LogP contribution in [0, 0.1) is 0 Å². The molecular weight excluding hydrogens is 226 g/mol. The fourth-order valence-electron chi connectivity index (χ4n) is 3.18. The van der Waals surface area contributed by atoms with Gasteiger partial charge in [0.05, 0.1) is 17.8 Å². The van der Waals surface area contributed by atoms with Gasteiger partial charge < -0.3 is 10.1 Å². The minimum absolute atomic E-state index is 0.0339. The number of nitrogens with one attached hydrogen (secondary N) is 1. The van der Waals surface area contributed by atoms with Crippen LogP contribution in [-0.2, 0) is 11.8 Å². The molecule has 2 rings (SSSR count). The maximum absolute atomic E-state index is 6.17. The van der Waals surface area contributed by atoms with Crippen molar-refractivity contribution in [2.24, 2.45) is 7.05 Å². The number of rotatable bonds is 6. The highest BCUT2D eigenvalue weighted by atomic mass is 16.5. The molecule has 1 heterocycles. The summed E-state index contributed by atoms with van der Waals surface area (Å²) in [5, 5.41) is 7.90. The van der Waals surface area contributed by atoms with Crippen molar-refractivity contribution < 1.29 is 4.74 Å². The minimum atomic E-state index is -0.0339. The Bertz CT molecular complexity index is 369. The highest BCUT2D eigenvalue weighted by Crippen LogP contribution is 2.42. The third kappa shape index (κ3) is 2.59. The summed E-state index contributed by atoms with van der Waals surface area (Å²) in [4.78, 5) is 0. The summed E-state index contributed by atoms with van der Waals surface area (Å²) in [5.74, 6) is 0. The summed E-state index contributed by atoms with van der Waals surface area (Å²) in [6.45, 7) is 5.97. The van der Waals surface area contributed by atoms with E-state index < -0.39 is 0 Å². The summed E-state index contributed by atoms with van der Waals surface area (Å²) in [7, 11) is 1.97. The van der Waals surface area contributed by atoms with Gasteiger partial charge in [0.1, 0.15) is 0 Å². The van der Waals surface area contributed by atoms with Crippen molar-refractivity contribution in [2.45, 2.75) is 51.2 Å². The SMILES string of the molecule is CCNC(c1cnn(C)c1)C1(OCC)CCCC1.